The third-order valence-electron chi connectivity index (χ3n) is 3.79. The summed E-state index contributed by atoms with van der Waals surface area (Å²) in [6.07, 6.45) is 2.49. The first-order chi connectivity index (χ1) is 9.25. The molecule has 19 heavy (non-hydrogen) atoms. The summed E-state index contributed by atoms with van der Waals surface area (Å²) in [7, 11) is 0. The fourth-order valence-electron chi connectivity index (χ4n) is 2.77. The molecular weight excluding hydrogens is 262 g/mol. The molecule has 2 unspecified atom stereocenters. The van der Waals surface area contributed by atoms with Gasteiger partial charge in [0.1, 0.15) is 0 Å². The van der Waals surface area contributed by atoms with Gasteiger partial charge in [0.05, 0.1) is 18.7 Å². The summed E-state index contributed by atoms with van der Waals surface area (Å²) >= 11 is 6.28. The lowest BCUT2D eigenvalue weighted by Crippen LogP contribution is -2.41. The van der Waals surface area contributed by atoms with Gasteiger partial charge >= 0.3 is 0 Å². The average Bonchev–Trinajstić information content (AvgIpc) is 3.03. The number of rotatable bonds is 3. The van der Waals surface area contributed by atoms with Crippen LogP contribution in [0.1, 0.15) is 24.4 Å². The fourth-order valence-corrected chi connectivity index (χ4v) is 3.03. The van der Waals surface area contributed by atoms with E-state index in [0.717, 1.165) is 36.6 Å². The smallest absolute Gasteiger partial charge is 0.192 e. The van der Waals surface area contributed by atoms with Crippen molar-refractivity contribution < 1.29 is 4.74 Å². The minimum Gasteiger partial charge on any atom is -0.376 e. The summed E-state index contributed by atoms with van der Waals surface area (Å²) in [5.41, 5.74) is 7.10. The van der Waals surface area contributed by atoms with Crippen molar-refractivity contribution in [3.05, 3.63) is 34.9 Å². The van der Waals surface area contributed by atoms with E-state index in [1.807, 2.05) is 24.3 Å². The van der Waals surface area contributed by atoms with Crippen molar-refractivity contribution in [2.24, 2.45) is 10.7 Å². The molecule has 102 valence electrons. The lowest BCUT2D eigenvalue weighted by atomic mass is 10.1. The van der Waals surface area contributed by atoms with Crippen molar-refractivity contribution in [2.75, 3.05) is 19.7 Å². The van der Waals surface area contributed by atoms with E-state index in [0.29, 0.717) is 12.5 Å². The number of nitrogens with zero attached hydrogens (tertiary/aromatic N) is 2. The van der Waals surface area contributed by atoms with Gasteiger partial charge in [-0.25, -0.2) is 0 Å². The Bertz CT molecular complexity index is 485. The number of benzene rings is 1. The van der Waals surface area contributed by atoms with Crippen LogP contribution in [0.4, 0.5) is 0 Å². The topological polar surface area (TPSA) is 50.8 Å². The first-order valence-electron chi connectivity index (χ1n) is 6.68. The van der Waals surface area contributed by atoms with Crippen LogP contribution in [-0.2, 0) is 4.74 Å². The Morgan fingerprint density at radius 3 is 3.00 bits per heavy atom. The van der Waals surface area contributed by atoms with E-state index in [1.165, 1.54) is 0 Å². The molecule has 0 bridgehead atoms. The summed E-state index contributed by atoms with van der Waals surface area (Å²) in [6, 6.07) is 8.03. The van der Waals surface area contributed by atoms with Crippen LogP contribution in [0.25, 0.3) is 0 Å². The maximum atomic E-state index is 6.28. The molecule has 2 atom stereocenters. The maximum absolute atomic E-state index is 6.28. The van der Waals surface area contributed by atoms with E-state index in [1.54, 1.807) is 0 Å². The number of hydrogen-bond acceptors (Lipinski definition) is 4. The Morgan fingerprint density at radius 2 is 2.26 bits per heavy atom. The molecule has 4 nitrogen and oxygen atoms in total. The van der Waals surface area contributed by atoms with Gasteiger partial charge in [-0.3, -0.25) is 4.99 Å². The van der Waals surface area contributed by atoms with Gasteiger partial charge in [-0.1, -0.05) is 29.8 Å². The minimum absolute atomic E-state index is 0.137. The zero-order valence-electron chi connectivity index (χ0n) is 10.8. The zero-order chi connectivity index (χ0) is 13.2. The second-order valence-electron chi connectivity index (χ2n) is 5.02. The van der Waals surface area contributed by atoms with Gasteiger partial charge in [0.15, 0.2) is 5.96 Å². The van der Waals surface area contributed by atoms with Crippen LogP contribution in [0.3, 0.4) is 0 Å². The van der Waals surface area contributed by atoms with Gasteiger partial charge in [-0.2, -0.15) is 0 Å². The van der Waals surface area contributed by atoms with E-state index in [4.69, 9.17) is 22.1 Å². The molecule has 2 heterocycles. The number of nitrogens with two attached hydrogens (primary N) is 1. The van der Waals surface area contributed by atoms with Crippen LogP contribution in [0.15, 0.2) is 29.3 Å². The third kappa shape index (κ3) is 2.55. The van der Waals surface area contributed by atoms with E-state index in [9.17, 15) is 0 Å². The highest BCUT2D eigenvalue weighted by atomic mass is 35.5. The minimum atomic E-state index is 0.137. The lowest BCUT2D eigenvalue weighted by molar-refractivity contribution is 0.0853. The van der Waals surface area contributed by atoms with Crippen molar-refractivity contribution in [1.29, 1.82) is 0 Å². The first-order valence-corrected chi connectivity index (χ1v) is 7.06. The molecule has 0 amide bonds. The lowest BCUT2D eigenvalue weighted by Gasteiger charge is -2.29. The Labute approximate surface area is 118 Å². The summed E-state index contributed by atoms with van der Waals surface area (Å²) in [5.74, 6) is 0.598. The van der Waals surface area contributed by atoms with Crippen molar-refractivity contribution >= 4 is 17.6 Å². The number of hydrogen-bond donors (Lipinski definition) is 1. The quantitative estimate of drug-likeness (QED) is 0.923. The molecule has 1 aromatic carbocycles. The third-order valence-corrected chi connectivity index (χ3v) is 4.13. The van der Waals surface area contributed by atoms with Crippen LogP contribution >= 0.6 is 11.6 Å². The summed E-state index contributed by atoms with van der Waals surface area (Å²) in [6.45, 7) is 2.32. The SMILES string of the molecule is NC1=NCC(c2ccccc2Cl)N1CC1CCCO1. The van der Waals surface area contributed by atoms with Gasteiger partial charge in [-0.05, 0) is 24.5 Å². The summed E-state index contributed by atoms with van der Waals surface area (Å²) in [4.78, 5) is 6.49. The van der Waals surface area contributed by atoms with Gasteiger partial charge in [0.25, 0.3) is 0 Å². The van der Waals surface area contributed by atoms with Crippen molar-refractivity contribution in [3.63, 3.8) is 0 Å². The molecule has 2 aliphatic rings. The molecule has 1 fully saturated rings. The molecule has 3 rings (SSSR count). The predicted molar refractivity (Wildman–Crippen MR) is 76.4 cm³/mol. The summed E-state index contributed by atoms with van der Waals surface area (Å²) in [5, 5.41) is 0.773. The predicted octanol–water partition coefficient (Wildman–Crippen LogP) is 2.19. The highest BCUT2D eigenvalue weighted by Gasteiger charge is 2.31. The molecule has 1 saturated heterocycles. The highest BCUT2D eigenvalue weighted by Crippen LogP contribution is 2.31. The Hall–Kier alpha value is -1.26. The van der Waals surface area contributed by atoms with Crippen molar-refractivity contribution in [3.8, 4) is 0 Å². The number of halogens is 1. The molecule has 2 N–H and O–H groups in total. The maximum Gasteiger partial charge on any atom is 0.192 e. The second kappa shape index (κ2) is 5.39. The molecule has 0 aromatic heterocycles. The number of aliphatic imine (C=N–C) groups is 1. The van der Waals surface area contributed by atoms with Crippen LogP contribution in [0, 0.1) is 0 Å². The molecule has 0 saturated carbocycles. The standard InChI is InChI=1S/C14H18ClN3O/c15-12-6-2-1-5-11(12)13-8-17-14(16)18(13)9-10-4-3-7-19-10/h1-2,5-6,10,13H,3-4,7-9H2,(H2,16,17). The Morgan fingerprint density at radius 1 is 1.42 bits per heavy atom. The fraction of sp³-hybridized carbons (Fsp3) is 0.500. The van der Waals surface area contributed by atoms with Crippen LogP contribution in [0.5, 0.6) is 0 Å². The number of ether oxygens (including phenoxy) is 1. The van der Waals surface area contributed by atoms with Gasteiger partial charge in [0.2, 0.25) is 0 Å². The molecule has 0 radical (unpaired) electrons. The van der Waals surface area contributed by atoms with Gasteiger partial charge in [0, 0.05) is 18.2 Å². The van der Waals surface area contributed by atoms with Gasteiger partial charge in [-0.15, -0.1) is 0 Å². The molecule has 2 aliphatic heterocycles. The summed E-state index contributed by atoms with van der Waals surface area (Å²) < 4.78 is 5.69. The molecular formula is C14H18ClN3O. The van der Waals surface area contributed by atoms with Crippen molar-refractivity contribution in [2.45, 2.75) is 25.0 Å². The van der Waals surface area contributed by atoms with E-state index < -0.39 is 0 Å². The molecule has 1 aromatic rings. The van der Waals surface area contributed by atoms with Gasteiger partial charge < -0.3 is 15.4 Å². The van der Waals surface area contributed by atoms with Crippen LogP contribution < -0.4 is 5.73 Å². The average molecular weight is 280 g/mol. The number of guanidine groups is 1. The Balaban J connectivity index is 1.79. The monoisotopic (exact) mass is 279 g/mol. The highest BCUT2D eigenvalue weighted by molar-refractivity contribution is 6.31. The second-order valence-corrected chi connectivity index (χ2v) is 5.43. The largest absolute Gasteiger partial charge is 0.376 e. The molecule has 0 spiro atoms. The van der Waals surface area contributed by atoms with E-state index in [-0.39, 0.29) is 12.1 Å². The Kier molecular flexibility index (Phi) is 3.62. The normalized spacial score (nSPS) is 26.8. The first kappa shape index (κ1) is 12.8. The zero-order valence-corrected chi connectivity index (χ0v) is 11.5. The van der Waals surface area contributed by atoms with E-state index in [2.05, 4.69) is 9.89 Å². The van der Waals surface area contributed by atoms with E-state index >= 15 is 0 Å². The molecule has 0 aliphatic carbocycles. The van der Waals surface area contributed by atoms with Crippen LogP contribution in [-0.4, -0.2) is 36.7 Å². The van der Waals surface area contributed by atoms with Crippen LogP contribution in [0.2, 0.25) is 5.02 Å². The van der Waals surface area contributed by atoms with Crippen molar-refractivity contribution in [1.82, 2.24) is 4.90 Å². The molecule has 5 heteroatoms.